The molecule has 6 nitrogen and oxygen atoms in total. The first-order valence-electron chi connectivity index (χ1n) is 4.95. The summed E-state index contributed by atoms with van der Waals surface area (Å²) in [5, 5.41) is 5.91. The van der Waals surface area contributed by atoms with Crippen molar-refractivity contribution in [2.24, 2.45) is 0 Å². The molecule has 0 unspecified atom stereocenters. The topological polar surface area (TPSA) is 93.4 Å². The number of H-pyrrole nitrogens is 1. The highest BCUT2D eigenvalue weighted by Crippen LogP contribution is 2.37. The van der Waals surface area contributed by atoms with Crippen molar-refractivity contribution >= 4 is 28.3 Å². The lowest BCUT2D eigenvalue weighted by molar-refractivity contribution is -0.137. The summed E-state index contributed by atoms with van der Waals surface area (Å²) in [5.41, 5.74) is 6.15. The van der Waals surface area contributed by atoms with Crippen LogP contribution in [0.25, 0.3) is 21.6 Å². The van der Waals surface area contributed by atoms with Gasteiger partial charge in [0.2, 0.25) is 5.95 Å². The molecule has 0 aliphatic heterocycles. The van der Waals surface area contributed by atoms with Gasteiger partial charge in [-0.3, -0.25) is 5.10 Å². The Balaban J connectivity index is 2.19. The van der Waals surface area contributed by atoms with E-state index in [2.05, 4.69) is 25.1 Å². The number of nitrogens with two attached hydrogens (primary N) is 1. The van der Waals surface area contributed by atoms with Crippen LogP contribution < -0.4 is 5.73 Å². The fourth-order valence-electron chi connectivity index (χ4n) is 1.55. The zero-order chi connectivity index (χ0) is 13.6. The van der Waals surface area contributed by atoms with Gasteiger partial charge in [0.05, 0.1) is 22.2 Å². The van der Waals surface area contributed by atoms with Gasteiger partial charge in [0.25, 0.3) is 0 Å². The van der Waals surface area contributed by atoms with E-state index in [1.54, 1.807) is 0 Å². The molecule has 0 atom stereocenters. The molecule has 3 aromatic rings. The molecule has 0 spiro atoms. The molecule has 0 fully saturated rings. The lowest BCUT2D eigenvalue weighted by atomic mass is 10.3. The maximum atomic E-state index is 12.5. The minimum atomic E-state index is -4.48. The van der Waals surface area contributed by atoms with Crippen LogP contribution >= 0.6 is 11.3 Å². The molecule has 0 aliphatic rings. The molecule has 0 bridgehead atoms. The number of aromatic amines is 1. The molecule has 0 aliphatic carbocycles. The third-order valence-electron chi connectivity index (χ3n) is 2.31. The normalized spacial score (nSPS) is 12.2. The Morgan fingerprint density at radius 2 is 2.00 bits per heavy atom. The SMILES string of the molecule is Nc1nc(-c2cnc(C(F)(F)F)s2)c2cn[nH]c2n1. The van der Waals surface area contributed by atoms with Gasteiger partial charge in [0.1, 0.15) is 0 Å². The molecule has 0 saturated carbocycles. The first kappa shape index (κ1) is 11.8. The van der Waals surface area contributed by atoms with E-state index in [-0.39, 0.29) is 16.5 Å². The van der Waals surface area contributed by atoms with Crippen LogP contribution in [0, 0.1) is 0 Å². The smallest absolute Gasteiger partial charge is 0.368 e. The lowest BCUT2D eigenvalue weighted by Gasteiger charge is -2.00. The summed E-state index contributed by atoms with van der Waals surface area (Å²) in [5.74, 6) is -0.0475. The van der Waals surface area contributed by atoms with E-state index in [1.807, 2.05) is 0 Å². The number of halogens is 3. The van der Waals surface area contributed by atoms with Crippen molar-refractivity contribution in [3.63, 3.8) is 0 Å². The third kappa shape index (κ3) is 1.99. The van der Waals surface area contributed by atoms with E-state index in [0.717, 1.165) is 6.20 Å². The number of fused-ring (bicyclic) bond motifs is 1. The van der Waals surface area contributed by atoms with Crippen LogP contribution in [0.1, 0.15) is 5.01 Å². The second-order valence-electron chi connectivity index (χ2n) is 3.59. The maximum Gasteiger partial charge on any atom is 0.443 e. The average molecular weight is 286 g/mol. The minimum absolute atomic E-state index is 0.0475. The Morgan fingerprint density at radius 3 is 2.68 bits per heavy atom. The van der Waals surface area contributed by atoms with E-state index in [0.29, 0.717) is 22.4 Å². The van der Waals surface area contributed by atoms with Gasteiger partial charge >= 0.3 is 6.18 Å². The number of nitrogen functional groups attached to an aromatic ring is 1. The van der Waals surface area contributed by atoms with Gasteiger partial charge in [-0.15, -0.1) is 11.3 Å². The molecule has 3 aromatic heterocycles. The summed E-state index contributed by atoms with van der Waals surface area (Å²) in [7, 11) is 0. The molecule has 0 saturated heterocycles. The van der Waals surface area contributed by atoms with Crippen molar-refractivity contribution in [3.8, 4) is 10.6 Å². The van der Waals surface area contributed by atoms with E-state index in [1.165, 1.54) is 6.20 Å². The Hall–Kier alpha value is -2.23. The predicted octanol–water partition coefficient (Wildman–Crippen LogP) is 2.08. The zero-order valence-electron chi connectivity index (χ0n) is 9.06. The Morgan fingerprint density at radius 1 is 1.21 bits per heavy atom. The number of rotatable bonds is 1. The van der Waals surface area contributed by atoms with Crippen LogP contribution in [0.5, 0.6) is 0 Å². The number of hydrogen-bond acceptors (Lipinski definition) is 6. The molecule has 0 amide bonds. The van der Waals surface area contributed by atoms with Crippen LogP contribution in [0.4, 0.5) is 19.1 Å². The van der Waals surface area contributed by atoms with Crippen LogP contribution in [-0.2, 0) is 6.18 Å². The number of hydrogen-bond donors (Lipinski definition) is 2. The summed E-state index contributed by atoms with van der Waals surface area (Å²) < 4.78 is 37.6. The van der Waals surface area contributed by atoms with Gasteiger partial charge in [0.15, 0.2) is 10.7 Å². The van der Waals surface area contributed by atoms with Crippen LogP contribution in [0.15, 0.2) is 12.4 Å². The summed E-state index contributed by atoms with van der Waals surface area (Å²) in [6.07, 6.45) is -1.93. The standard InChI is InChI=1S/C9H5F3N6S/c10-9(11,12)7-14-2-4(19-7)5-3-1-15-18-6(3)17-8(13)16-5/h1-2H,(H3,13,15,16,17,18). The Bertz CT molecular complexity index is 746. The van der Waals surface area contributed by atoms with E-state index in [4.69, 9.17) is 5.73 Å². The number of anilines is 1. The van der Waals surface area contributed by atoms with Gasteiger partial charge < -0.3 is 5.73 Å². The van der Waals surface area contributed by atoms with Crippen LogP contribution in [-0.4, -0.2) is 25.1 Å². The largest absolute Gasteiger partial charge is 0.443 e. The minimum Gasteiger partial charge on any atom is -0.368 e. The van der Waals surface area contributed by atoms with Crippen molar-refractivity contribution in [1.29, 1.82) is 0 Å². The molecule has 3 heterocycles. The molecular formula is C9H5F3N6S. The van der Waals surface area contributed by atoms with Gasteiger partial charge in [-0.2, -0.15) is 23.3 Å². The Labute approximate surface area is 107 Å². The van der Waals surface area contributed by atoms with Crippen molar-refractivity contribution < 1.29 is 13.2 Å². The summed E-state index contributed by atoms with van der Waals surface area (Å²) in [4.78, 5) is 11.4. The maximum absolute atomic E-state index is 12.5. The highest BCUT2D eigenvalue weighted by molar-refractivity contribution is 7.15. The zero-order valence-corrected chi connectivity index (χ0v) is 9.88. The van der Waals surface area contributed by atoms with Crippen molar-refractivity contribution in [1.82, 2.24) is 25.1 Å². The summed E-state index contributed by atoms with van der Waals surface area (Å²) in [6, 6.07) is 0. The van der Waals surface area contributed by atoms with Crippen molar-refractivity contribution in [3.05, 3.63) is 17.4 Å². The molecular weight excluding hydrogens is 281 g/mol. The first-order valence-corrected chi connectivity index (χ1v) is 5.77. The Kier molecular flexibility index (Phi) is 2.42. The van der Waals surface area contributed by atoms with Gasteiger partial charge in [-0.25, -0.2) is 9.97 Å². The van der Waals surface area contributed by atoms with Crippen molar-refractivity contribution in [2.45, 2.75) is 6.18 Å². The number of alkyl halides is 3. The highest BCUT2D eigenvalue weighted by Gasteiger charge is 2.35. The molecule has 3 N–H and O–H groups in total. The second kappa shape index (κ2) is 3.88. The van der Waals surface area contributed by atoms with Gasteiger partial charge in [0, 0.05) is 6.20 Å². The van der Waals surface area contributed by atoms with E-state index in [9.17, 15) is 13.2 Å². The second-order valence-corrected chi connectivity index (χ2v) is 4.62. The summed E-state index contributed by atoms with van der Waals surface area (Å²) in [6.45, 7) is 0. The number of nitrogens with one attached hydrogen (secondary N) is 1. The molecule has 0 aromatic carbocycles. The third-order valence-corrected chi connectivity index (χ3v) is 3.36. The van der Waals surface area contributed by atoms with E-state index < -0.39 is 11.2 Å². The van der Waals surface area contributed by atoms with Gasteiger partial charge in [-0.05, 0) is 0 Å². The van der Waals surface area contributed by atoms with Crippen LogP contribution in [0.3, 0.4) is 0 Å². The predicted molar refractivity (Wildman–Crippen MR) is 62.2 cm³/mol. The molecule has 3 rings (SSSR count). The fraction of sp³-hybridized carbons (Fsp3) is 0.111. The quantitative estimate of drug-likeness (QED) is 0.714. The highest BCUT2D eigenvalue weighted by atomic mass is 32.1. The monoisotopic (exact) mass is 286 g/mol. The number of nitrogens with zero attached hydrogens (tertiary/aromatic N) is 4. The number of thiazole rings is 1. The van der Waals surface area contributed by atoms with Gasteiger partial charge in [-0.1, -0.05) is 0 Å². The van der Waals surface area contributed by atoms with Crippen LogP contribution in [0.2, 0.25) is 0 Å². The lowest BCUT2D eigenvalue weighted by Crippen LogP contribution is -2.02. The molecule has 19 heavy (non-hydrogen) atoms. The average Bonchev–Trinajstić information content (AvgIpc) is 2.94. The summed E-state index contributed by atoms with van der Waals surface area (Å²) >= 11 is 0.496. The molecule has 10 heteroatoms. The fourth-order valence-corrected chi connectivity index (χ4v) is 2.34. The van der Waals surface area contributed by atoms with Crippen molar-refractivity contribution in [2.75, 3.05) is 5.73 Å². The van der Waals surface area contributed by atoms with E-state index >= 15 is 0 Å². The molecule has 98 valence electrons. The molecule has 0 radical (unpaired) electrons. The number of aromatic nitrogens is 5. The first-order chi connectivity index (χ1) is 8.95.